The number of fused-ring (bicyclic) bond motifs is 2. The van der Waals surface area contributed by atoms with E-state index in [0.29, 0.717) is 42.3 Å². The molecule has 25 heavy (non-hydrogen) atoms. The highest BCUT2D eigenvalue weighted by Gasteiger charge is 2.58. The number of rotatable bonds is 4. The van der Waals surface area contributed by atoms with Crippen LogP contribution in [0.4, 0.5) is 20.5 Å². The molecule has 3 heterocycles. The van der Waals surface area contributed by atoms with Gasteiger partial charge in [-0.2, -0.15) is 13.8 Å². The number of hydrogen-bond acceptors (Lipinski definition) is 5. The molecule has 0 amide bonds. The van der Waals surface area contributed by atoms with Crippen LogP contribution in [0.2, 0.25) is 0 Å². The number of aliphatic carboxylic acids is 1. The molecule has 0 spiro atoms. The minimum absolute atomic E-state index is 0.116. The average Bonchev–Trinajstić information content (AvgIpc) is 2.95. The molecule has 0 bridgehead atoms. The van der Waals surface area contributed by atoms with Crippen LogP contribution in [0, 0.1) is 17.8 Å². The van der Waals surface area contributed by atoms with Crippen LogP contribution >= 0.6 is 0 Å². The summed E-state index contributed by atoms with van der Waals surface area (Å²) in [4.78, 5) is 23.7. The van der Waals surface area contributed by atoms with E-state index in [2.05, 4.69) is 14.9 Å². The van der Waals surface area contributed by atoms with Crippen LogP contribution in [-0.2, 0) is 17.1 Å². The van der Waals surface area contributed by atoms with E-state index < -0.39 is 11.9 Å². The van der Waals surface area contributed by atoms with Crippen molar-refractivity contribution >= 4 is 17.7 Å². The molecule has 0 radical (unpaired) electrons. The Hall–Kier alpha value is -1.99. The molecule has 5 rings (SSSR count). The van der Waals surface area contributed by atoms with Gasteiger partial charge in [-0.15, -0.1) is 0 Å². The van der Waals surface area contributed by atoms with Gasteiger partial charge in [-0.25, -0.2) is 4.98 Å². The minimum Gasteiger partial charge on any atom is -0.481 e. The van der Waals surface area contributed by atoms with E-state index >= 15 is 0 Å². The van der Waals surface area contributed by atoms with Gasteiger partial charge in [0, 0.05) is 44.1 Å². The smallest absolute Gasteiger partial charge is 0.303 e. The highest BCUT2D eigenvalue weighted by Crippen LogP contribution is 2.56. The third-order valence-electron chi connectivity index (χ3n) is 6.38. The van der Waals surface area contributed by atoms with Crippen molar-refractivity contribution in [1.82, 2.24) is 9.97 Å². The van der Waals surface area contributed by atoms with Gasteiger partial charge in [0.25, 0.3) is 5.92 Å². The molecule has 1 N–H and O–H groups in total. The van der Waals surface area contributed by atoms with E-state index in [1.165, 1.54) is 0 Å². The maximum absolute atomic E-state index is 14.0. The van der Waals surface area contributed by atoms with Gasteiger partial charge in [0.2, 0.25) is 5.95 Å². The fourth-order valence-electron chi connectivity index (χ4n) is 4.66. The van der Waals surface area contributed by atoms with Crippen LogP contribution in [0.25, 0.3) is 0 Å². The largest absolute Gasteiger partial charge is 0.481 e. The van der Waals surface area contributed by atoms with E-state index in [9.17, 15) is 13.6 Å². The molecule has 2 saturated heterocycles. The lowest BCUT2D eigenvalue weighted by atomic mass is 9.89. The fourth-order valence-corrected chi connectivity index (χ4v) is 4.66. The summed E-state index contributed by atoms with van der Waals surface area (Å²) in [5.74, 6) is -1.61. The SMILES string of the molecule is CC1CCN1c1nc(N2C[C@@H]3C(CC(=O)O)[C@@H]3C2)c2c(n1)C(F)(F)C2. The van der Waals surface area contributed by atoms with Gasteiger partial charge < -0.3 is 14.9 Å². The molecule has 2 aliphatic heterocycles. The first-order valence-corrected chi connectivity index (χ1v) is 8.88. The third-order valence-corrected chi connectivity index (χ3v) is 6.38. The van der Waals surface area contributed by atoms with Gasteiger partial charge in [0.15, 0.2) is 0 Å². The molecular weight excluding hydrogens is 330 g/mol. The summed E-state index contributed by atoms with van der Waals surface area (Å²) in [5, 5.41) is 8.94. The zero-order valence-corrected chi connectivity index (χ0v) is 14.0. The molecule has 0 aromatic carbocycles. The van der Waals surface area contributed by atoms with E-state index in [0.717, 1.165) is 13.0 Å². The lowest BCUT2D eigenvalue weighted by molar-refractivity contribution is -0.137. The maximum Gasteiger partial charge on any atom is 0.303 e. The first kappa shape index (κ1) is 15.3. The summed E-state index contributed by atoms with van der Waals surface area (Å²) < 4.78 is 27.9. The number of halogens is 2. The number of carboxylic acid groups (broad SMARTS) is 1. The van der Waals surface area contributed by atoms with Crippen LogP contribution in [-0.4, -0.2) is 46.7 Å². The molecule has 1 saturated carbocycles. The molecule has 4 aliphatic rings. The number of piperidine rings is 1. The van der Waals surface area contributed by atoms with Crippen molar-refractivity contribution in [2.75, 3.05) is 29.4 Å². The summed E-state index contributed by atoms with van der Waals surface area (Å²) in [6.07, 6.45) is 0.939. The molecule has 4 atom stereocenters. The number of hydrogen-bond donors (Lipinski definition) is 1. The van der Waals surface area contributed by atoms with Gasteiger partial charge in [-0.3, -0.25) is 4.79 Å². The Bertz CT molecular complexity index is 759. The van der Waals surface area contributed by atoms with E-state index in [1.807, 2.05) is 11.8 Å². The Labute approximate surface area is 143 Å². The van der Waals surface area contributed by atoms with Crippen molar-refractivity contribution < 1.29 is 18.7 Å². The van der Waals surface area contributed by atoms with E-state index in [1.54, 1.807) is 0 Å². The standard InChI is InChI=1S/C17H20F2N4O2/c1-8-2-3-23(8)16-20-14-10(5-17(14,18)19)15(21-16)22-6-11-9(4-13(24)25)12(11)7-22/h8-9,11-12H,2-7H2,1H3,(H,24,25)/t8?,9?,11-,12+. The number of carbonyl (C=O) groups is 1. The summed E-state index contributed by atoms with van der Waals surface area (Å²) >= 11 is 0. The number of carboxylic acids is 1. The second kappa shape index (κ2) is 4.80. The van der Waals surface area contributed by atoms with Crippen LogP contribution in [0.1, 0.15) is 31.0 Å². The Morgan fingerprint density at radius 3 is 2.56 bits per heavy atom. The molecule has 8 heteroatoms. The monoisotopic (exact) mass is 350 g/mol. The Morgan fingerprint density at radius 2 is 2.04 bits per heavy atom. The van der Waals surface area contributed by atoms with E-state index in [-0.39, 0.29) is 30.5 Å². The Balaban J connectivity index is 1.42. The van der Waals surface area contributed by atoms with Crippen molar-refractivity contribution in [3.63, 3.8) is 0 Å². The predicted octanol–water partition coefficient (Wildman–Crippen LogP) is 1.88. The maximum atomic E-state index is 14.0. The molecule has 6 nitrogen and oxygen atoms in total. The highest BCUT2D eigenvalue weighted by atomic mass is 19.3. The van der Waals surface area contributed by atoms with Gasteiger partial charge >= 0.3 is 5.97 Å². The molecule has 2 aliphatic carbocycles. The highest BCUT2D eigenvalue weighted by molar-refractivity contribution is 5.68. The summed E-state index contributed by atoms with van der Waals surface area (Å²) in [7, 11) is 0. The quantitative estimate of drug-likeness (QED) is 0.894. The predicted molar refractivity (Wildman–Crippen MR) is 86.0 cm³/mol. The van der Waals surface area contributed by atoms with Crippen molar-refractivity contribution in [2.45, 2.75) is 38.2 Å². The molecule has 1 aromatic rings. The Kier molecular flexibility index (Phi) is 2.93. The van der Waals surface area contributed by atoms with Gasteiger partial charge in [0.05, 0.1) is 0 Å². The zero-order chi connectivity index (χ0) is 17.5. The van der Waals surface area contributed by atoms with Gasteiger partial charge in [-0.1, -0.05) is 0 Å². The summed E-state index contributed by atoms with van der Waals surface area (Å²) in [6, 6.07) is 0.284. The minimum atomic E-state index is -2.86. The van der Waals surface area contributed by atoms with Crippen molar-refractivity contribution in [2.24, 2.45) is 17.8 Å². The summed E-state index contributed by atoms with van der Waals surface area (Å²) in [6.45, 7) is 4.28. The number of alkyl halides is 2. The first-order valence-electron chi connectivity index (χ1n) is 8.88. The van der Waals surface area contributed by atoms with Crippen LogP contribution in [0.5, 0.6) is 0 Å². The van der Waals surface area contributed by atoms with Gasteiger partial charge in [0.1, 0.15) is 11.5 Å². The van der Waals surface area contributed by atoms with Crippen LogP contribution < -0.4 is 9.80 Å². The molecule has 2 unspecified atom stereocenters. The van der Waals surface area contributed by atoms with Crippen molar-refractivity contribution in [3.05, 3.63) is 11.3 Å². The third kappa shape index (κ3) is 2.15. The van der Waals surface area contributed by atoms with Crippen LogP contribution in [0.15, 0.2) is 0 Å². The normalized spacial score (nSPS) is 34.0. The average molecular weight is 350 g/mol. The molecular formula is C17H20F2N4O2. The first-order chi connectivity index (χ1) is 11.8. The van der Waals surface area contributed by atoms with Crippen molar-refractivity contribution in [3.8, 4) is 0 Å². The second-order valence-corrected chi connectivity index (χ2v) is 7.88. The lowest BCUT2D eigenvalue weighted by Gasteiger charge is -2.41. The number of anilines is 2. The topological polar surface area (TPSA) is 69.6 Å². The number of nitrogens with zero attached hydrogens (tertiary/aromatic N) is 4. The Morgan fingerprint density at radius 1 is 1.32 bits per heavy atom. The van der Waals surface area contributed by atoms with Crippen LogP contribution in [0.3, 0.4) is 0 Å². The van der Waals surface area contributed by atoms with Crippen molar-refractivity contribution in [1.29, 1.82) is 0 Å². The number of aromatic nitrogens is 2. The molecule has 3 fully saturated rings. The molecule has 134 valence electrons. The lowest BCUT2D eigenvalue weighted by Crippen LogP contribution is -2.48. The molecule has 1 aromatic heterocycles. The zero-order valence-electron chi connectivity index (χ0n) is 14.0. The van der Waals surface area contributed by atoms with E-state index in [4.69, 9.17) is 5.11 Å². The van der Waals surface area contributed by atoms with Gasteiger partial charge in [-0.05, 0) is 31.1 Å². The fraction of sp³-hybridized carbons (Fsp3) is 0.706. The summed E-state index contributed by atoms with van der Waals surface area (Å²) in [5.41, 5.74) is 0.451. The second-order valence-electron chi connectivity index (χ2n) is 7.88.